The summed E-state index contributed by atoms with van der Waals surface area (Å²) in [5.74, 6) is -0.315. The van der Waals surface area contributed by atoms with E-state index in [0.717, 1.165) is 21.7 Å². The number of hydrogen-bond acceptors (Lipinski definition) is 4. The summed E-state index contributed by atoms with van der Waals surface area (Å²) in [4.78, 5) is 12.5. The van der Waals surface area contributed by atoms with Gasteiger partial charge in [-0.1, -0.05) is 60.1 Å². The van der Waals surface area contributed by atoms with E-state index in [4.69, 9.17) is 16.3 Å². The fourth-order valence-electron chi connectivity index (χ4n) is 2.54. The number of halogens is 1. The summed E-state index contributed by atoms with van der Waals surface area (Å²) >= 11 is 7.71. The van der Waals surface area contributed by atoms with Gasteiger partial charge in [0, 0.05) is 22.5 Å². The third-order valence-electron chi connectivity index (χ3n) is 3.75. The Morgan fingerprint density at radius 3 is 2.56 bits per heavy atom. The molecule has 0 atom stereocenters. The van der Waals surface area contributed by atoms with Crippen LogP contribution >= 0.6 is 22.9 Å². The monoisotopic (exact) mass is 371 g/mol. The highest BCUT2D eigenvalue weighted by Gasteiger charge is 2.21. The third-order valence-corrected chi connectivity index (χ3v) is 5.06. The molecule has 0 saturated carbocycles. The molecule has 0 fully saturated rings. The first kappa shape index (κ1) is 17.5. The molecule has 0 unspecified atom stereocenters. The average Bonchev–Trinajstić information content (AvgIpc) is 3.06. The molecule has 128 valence electrons. The number of benzene rings is 2. The molecule has 0 spiro atoms. The lowest BCUT2D eigenvalue weighted by atomic mass is 10.0. The summed E-state index contributed by atoms with van der Waals surface area (Å²) in [6, 6.07) is 17.5. The maximum atomic E-state index is 12.5. The van der Waals surface area contributed by atoms with Crippen LogP contribution in [0.3, 0.4) is 0 Å². The molecule has 2 aromatic carbocycles. The zero-order valence-electron chi connectivity index (χ0n) is 13.8. The van der Waals surface area contributed by atoms with E-state index in [1.165, 1.54) is 11.3 Å². The highest BCUT2D eigenvalue weighted by Crippen LogP contribution is 2.36. The second-order valence-electron chi connectivity index (χ2n) is 5.38. The molecular formula is C20H18ClNO2S. The van der Waals surface area contributed by atoms with E-state index in [0.29, 0.717) is 23.7 Å². The quantitative estimate of drug-likeness (QED) is 0.552. The summed E-state index contributed by atoms with van der Waals surface area (Å²) in [5, 5.41) is 6.81. The maximum absolute atomic E-state index is 12.5. The standard InChI is InChI=1S/C20H18ClNO2S/c1-2-24-20(23)18-16(14-8-4-3-5-9-14)13-25-19(18)22-12-15-10-6-7-11-17(15)21/h3-11,13,22H,2,12H2,1H3. The van der Waals surface area contributed by atoms with Crippen LogP contribution in [-0.2, 0) is 11.3 Å². The number of ether oxygens (including phenoxy) is 1. The van der Waals surface area contributed by atoms with Crippen LogP contribution in [-0.4, -0.2) is 12.6 Å². The minimum atomic E-state index is -0.315. The Kier molecular flexibility index (Phi) is 5.74. The molecule has 1 N–H and O–H groups in total. The molecule has 3 rings (SSSR count). The zero-order valence-corrected chi connectivity index (χ0v) is 15.4. The van der Waals surface area contributed by atoms with Crippen molar-refractivity contribution in [2.24, 2.45) is 0 Å². The number of rotatable bonds is 6. The van der Waals surface area contributed by atoms with E-state index >= 15 is 0 Å². The second kappa shape index (κ2) is 8.19. The number of esters is 1. The minimum absolute atomic E-state index is 0.315. The number of hydrogen-bond donors (Lipinski definition) is 1. The Morgan fingerprint density at radius 2 is 1.84 bits per heavy atom. The molecule has 5 heteroatoms. The Bertz CT molecular complexity index is 861. The highest BCUT2D eigenvalue weighted by atomic mass is 35.5. The summed E-state index contributed by atoms with van der Waals surface area (Å²) < 4.78 is 5.27. The van der Waals surface area contributed by atoms with Gasteiger partial charge in [0.15, 0.2) is 0 Å². The van der Waals surface area contributed by atoms with Crippen molar-refractivity contribution >= 4 is 33.9 Å². The van der Waals surface area contributed by atoms with Gasteiger partial charge in [-0.3, -0.25) is 0 Å². The van der Waals surface area contributed by atoms with E-state index < -0.39 is 0 Å². The molecule has 0 aliphatic heterocycles. The Labute approximate surface area is 156 Å². The van der Waals surface area contributed by atoms with Gasteiger partial charge in [0.05, 0.1) is 6.61 Å². The molecule has 0 amide bonds. The Hall–Kier alpha value is -2.30. The van der Waals surface area contributed by atoms with Crippen molar-refractivity contribution < 1.29 is 9.53 Å². The average molecular weight is 372 g/mol. The highest BCUT2D eigenvalue weighted by molar-refractivity contribution is 7.15. The van der Waals surface area contributed by atoms with Gasteiger partial charge in [0.1, 0.15) is 10.6 Å². The molecule has 0 saturated heterocycles. The molecule has 25 heavy (non-hydrogen) atoms. The van der Waals surface area contributed by atoms with Gasteiger partial charge in [-0.15, -0.1) is 11.3 Å². The van der Waals surface area contributed by atoms with Gasteiger partial charge in [-0.05, 0) is 24.1 Å². The van der Waals surface area contributed by atoms with Gasteiger partial charge < -0.3 is 10.1 Å². The van der Waals surface area contributed by atoms with Crippen LogP contribution in [0.15, 0.2) is 60.0 Å². The van der Waals surface area contributed by atoms with Crippen LogP contribution in [0.2, 0.25) is 5.02 Å². The van der Waals surface area contributed by atoms with Crippen LogP contribution in [0.4, 0.5) is 5.00 Å². The molecule has 0 radical (unpaired) electrons. The van der Waals surface area contributed by atoms with Gasteiger partial charge in [-0.25, -0.2) is 4.79 Å². The van der Waals surface area contributed by atoms with E-state index in [-0.39, 0.29) is 5.97 Å². The van der Waals surface area contributed by atoms with E-state index in [9.17, 15) is 4.79 Å². The third kappa shape index (κ3) is 4.03. The molecular weight excluding hydrogens is 354 g/mol. The van der Waals surface area contributed by atoms with Crippen molar-refractivity contribution in [2.75, 3.05) is 11.9 Å². The van der Waals surface area contributed by atoms with Crippen molar-refractivity contribution in [2.45, 2.75) is 13.5 Å². The summed E-state index contributed by atoms with van der Waals surface area (Å²) in [6.07, 6.45) is 0. The van der Waals surface area contributed by atoms with Crippen LogP contribution in [0.1, 0.15) is 22.8 Å². The van der Waals surface area contributed by atoms with E-state index in [1.54, 1.807) is 0 Å². The number of carbonyl (C=O) groups is 1. The zero-order chi connectivity index (χ0) is 17.6. The first-order chi connectivity index (χ1) is 12.2. The number of anilines is 1. The van der Waals surface area contributed by atoms with Crippen molar-refractivity contribution in [3.8, 4) is 11.1 Å². The summed E-state index contributed by atoms with van der Waals surface area (Å²) in [5.41, 5.74) is 3.43. The topological polar surface area (TPSA) is 38.3 Å². The van der Waals surface area contributed by atoms with Crippen molar-refractivity contribution in [3.05, 3.63) is 76.1 Å². The van der Waals surface area contributed by atoms with Crippen LogP contribution in [0, 0.1) is 0 Å². The second-order valence-corrected chi connectivity index (χ2v) is 6.67. The number of thiophene rings is 1. The van der Waals surface area contributed by atoms with Gasteiger partial charge in [-0.2, -0.15) is 0 Å². The van der Waals surface area contributed by atoms with E-state index in [2.05, 4.69) is 5.32 Å². The van der Waals surface area contributed by atoms with Crippen LogP contribution < -0.4 is 5.32 Å². The smallest absolute Gasteiger partial charge is 0.341 e. The minimum Gasteiger partial charge on any atom is -0.462 e. The largest absolute Gasteiger partial charge is 0.462 e. The summed E-state index contributed by atoms with van der Waals surface area (Å²) in [7, 11) is 0. The number of nitrogens with one attached hydrogen (secondary N) is 1. The van der Waals surface area contributed by atoms with Gasteiger partial charge in [0.2, 0.25) is 0 Å². The van der Waals surface area contributed by atoms with Gasteiger partial charge >= 0.3 is 5.97 Å². The molecule has 3 nitrogen and oxygen atoms in total. The Morgan fingerprint density at radius 1 is 1.12 bits per heavy atom. The lowest BCUT2D eigenvalue weighted by molar-refractivity contribution is 0.0529. The first-order valence-electron chi connectivity index (χ1n) is 8.02. The predicted molar refractivity (Wildman–Crippen MR) is 104 cm³/mol. The predicted octanol–water partition coefficient (Wildman–Crippen LogP) is 5.86. The van der Waals surface area contributed by atoms with Crippen molar-refractivity contribution in [1.82, 2.24) is 0 Å². The molecule has 0 bridgehead atoms. The molecule has 3 aromatic rings. The molecule has 0 aliphatic rings. The fourth-order valence-corrected chi connectivity index (χ4v) is 3.70. The van der Waals surface area contributed by atoms with E-state index in [1.807, 2.05) is 66.9 Å². The maximum Gasteiger partial charge on any atom is 0.341 e. The lowest BCUT2D eigenvalue weighted by Crippen LogP contribution is -2.09. The SMILES string of the molecule is CCOC(=O)c1c(-c2ccccc2)csc1NCc1ccccc1Cl. The number of carbonyl (C=O) groups excluding carboxylic acids is 1. The Balaban J connectivity index is 1.92. The summed E-state index contributed by atoms with van der Waals surface area (Å²) in [6.45, 7) is 2.69. The lowest BCUT2D eigenvalue weighted by Gasteiger charge is -2.10. The fraction of sp³-hybridized carbons (Fsp3) is 0.150. The van der Waals surface area contributed by atoms with Gasteiger partial charge in [0.25, 0.3) is 0 Å². The normalized spacial score (nSPS) is 10.5. The van der Waals surface area contributed by atoms with Crippen LogP contribution in [0.25, 0.3) is 11.1 Å². The van der Waals surface area contributed by atoms with Crippen molar-refractivity contribution in [1.29, 1.82) is 0 Å². The molecule has 1 heterocycles. The molecule has 0 aliphatic carbocycles. The first-order valence-corrected chi connectivity index (χ1v) is 9.27. The van der Waals surface area contributed by atoms with Crippen LogP contribution in [0.5, 0.6) is 0 Å². The molecule has 1 aromatic heterocycles. The van der Waals surface area contributed by atoms with Crippen molar-refractivity contribution in [3.63, 3.8) is 0 Å².